The number of fused-ring (bicyclic) bond motifs is 4. The van der Waals surface area contributed by atoms with E-state index in [-0.39, 0.29) is 17.2 Å². The number of carbonyl (C=O) groups excluding carboxylic acids is 1. The summed E-state index contributed by atoms with van der Waals surface area (Å²) in [5.41, 5.74) is 6.77. The highest BCUT2D eigenvalue weighted by molar-refractivity contribution is 6.30. The van der Waals surface area contributed by atoms with E-state index in [1.54, 1.807) is 19.2 Å². The molecule has 10 heteroatoms. The number of aryl methyl sites for hydroxylation is 1. The Kier molecular flexibility index (Phi) is 11.6. The van der Waals surface area contributed by atoms with Crippen molar-refractivity contribution in [2.45, 2.75) is 114 Å². The molecule has 58 heavy (non-hydrogen) atoms. The first-order valence-electron chi connectivity index (χ1n) is 21.1. The number of carbonyl (C=O) groups is 2. The maximum atomic E-state index is 13.2. The Morgan fingerprint density at radius 1 is 0.983 bits per heavy atom. The highest BCUT2D eigenvalue weighted by Gasteiger charge is 2.54. The average Bonchev–Trinajstić information content (AvgIpc) is 3.78. The van der Waals surface area contributed by atoms with Gasteiger partial charge in [-0.15, -0.1) is 0 Å². The summed E-state index contributed by atoms with van der Waals surface area (Å²) in [6.45, 7) is 6.85. The summed E-state index contributed by atoms with van der Waals surface area (Å²) in [6, 6.07) is 21.9. The van der Waals surface area contributed by atoms with Crippen LogP contribution < -0.4 is 19.5 Å². The third-order valence-electron chi connectivity index (χ3n) is 13.6. The summed E-state index contributed by atoms with van der Waals surface area (Å²) in [6.07, 6.45) is 10.6. The molecule has 9 nitrogen and oxygen atoms in total. The molecule has 4 aliphatic rings. The largest absolute Gasteiger partial charge is 0.497 e. The molecule has 0 radical (unpaired) electrons. The van der Waals surface area contributed by atoms with Crippen LogP contribution in [0.1, 0.15) is 111 Å². The molecule has 2 heterocycles. The van der Waals surface area contributed by atoms with Crippen LogP contribution >= 0.6 is 11.6 Å². The van der Waals surface area contributed by atoms with Crippen LogP contribution in [-0.4, -0.2) is 52.7 Å². The Hall–Kier alpha value is -4.76. The van der Waals surface area contributed by atoms with Gasteiger partial charge in [0.05, 0.1) is 20.3 Å². The molecule has 1 fully saturated rings. The first kappa shape index (κ1) is 40.0. The Morgan fingerprint density at radius 3 is 2.57 bits per heavy atom. The van der Waals surface area contributed by atoms with Crippen molar-refractivity contribution in [1.29, 1.82) is 0 Å². The molecule has 2 N–H and O–H groups in total. The lowest BCUT2D eigenvalue weighted by atomic mass is 9.59. The highest BCUT2D eigenvalue weighted by Crippen LogP contribution is 2.57. The quantitative estimate of drug-likeness (QED) is 0.121. The molecule has 1 amide bonds. The molecule has 0 bridgehead atoms. The number of benzene rings is 3. The van der Waals surface area contributed by atoms with Crippen LogP contribution in [-0.2, 0) is 40.9 Å². The highest BCUT2D eigenvalue weighted by atomic mass is 35.5. The minimum atomic E-state index is -1.10. The summed E-state index contributed by atoms with van der Waals surface area (Å²) in [5, 5.41) is 14.7. The van der Waals surface area contributed by atoms with Crippen LogP contribution in [0, 0.1) is 11.8 Å². The SMILES string of the molecule is COc1ccc2c(c1)CN(C(=O)CCCOc1ccc3c(c1)C1(CCC(Nc4cccc(Cl)c4)(C(=O)O)CC1)C(C[C@@H](C)COc1ccnc4c1[C@H](C)CCC4)C3)C2. The van der Waals surface area contributed by atoms with Gasteiger partial charge >= 0.3 is 5.97 Å². The molecule has 3 atom stereocenters. The smallest absolute Gasteiger partial charge is 0.329 e. The van der Waals surface area contributed by atoms with E-state index in [1.807, 2.05) is 47.5 Å². The molecule has 306 valence electrons. The van der Waals surface area contributed by atoms with Gasteiger partial charge in [0.15, 0.2) is 0 Å². The predicted octanol–water partition coefficient (Wildman–Crippen LogP) is 9.91. The second kappa shape index (κ2) is 16.8. The number of pyridine rings is 1. The van der Waals surface area contributed by atoms with E-state index in [0.29, 0.717) is 68.8 Å². The van der Waals surface area contributed by atoms with E-state index in [1.165, 1.54) is 34.4 Å². The van der Waals surface area contributed by atoms with E-state index in [9.17, 15) is 14.7 Å². The van der Waals surface area contributed by atoms with E-state index >= 15 is 0 Å². The van der Waals surface area contributed by atoms with Crippen LogP contribution in [0.3, 0.4) is 0 Å². The predicted molar refractivity (Wildman–Crippen MR) is 226 cm³/mol. The lowest BCUT2D eigenvalue weighted by Gasteiger charge is -2.47. The molecule has 4 aromatic rings. The first-order chi connectivity index (χ1) is 28.1. The van der Waals surface area contributed by atoms with Crippen molar-refractivity contribution in [3.8, 4) is 17.2 Å². The van der Waals surface area contributed by atoms with Crippen molar-refractivity contribution in [3.05, 3.63) is 111 Å². The lowest BCUT2D eigenvalue weighted by molar-refractivity contribution is -0.144. The molecule has 3 aliphatic carbocycles. The fourth-order valence-corrected chi connectivity index (χ4v) is 10.6. The Morgan fingerprint density at radius 2 is 1.78 bits per heavy atom. The Bertz CT molecular complexity index is 2150. The number of halogens is 1. The normalized spacial score (nSPS) is 23.8. The van der Waals surface area contributed by atoms with Gasteiger partial charge in [-0.2, -0.15) is 0 Å². The minimum Gasteiger partial charge on any atom is -0.497 e. The number of amides is 1. The molecule has 1 spiro atoms. The number of hydrogen-bond acceptors (Lipinski definition) is 7. The Labute approximate surface area is 347 Å². The molecular formula is C48H56ClN3O6. The van der Waals surface area contributed by atoms with Crippen LogP contribution in [0.4, 0.5) is 5.69 Å². The number of methoxy groups -OCH3 is 1. The van der Waals surface area contributed by atoms with Gasteiger partial charge in [-0.05, 0) is 158 Å². The van der Waals surface area contributed by atoms with E-state index in [0.717, 1.165) is 67.0 Å². The fourth-order valence-electron chi connectivity index (χ4n) is 10.4. The maximum absolute atomic E-state index is 13.2. The van der Waals surface area contributed by atoms with Crippen molar-refractivity contribution in [3.63, 3.8) is 0 Å². The summed E-state index contributed by atoms with van der Waals surface area (Å²) in [4.78, 5) is 32.8. The van der Waals surface area contributed by atoms with Gasteiger partial charge in [-0.25, -0.2) is 4.79 Å². The Balaban J connectivity index is 0.961. The van der Waals surface area contributed by atoms with Gasteiger partial charge in [0.2, 0.25) is 5.91 Å². The van der Waals surface area contributed by atoms with Crippen LogP contribution in [0.2, 0.25) is 5.02 Å². The molecule has 0 saturated heterocycles. The van der Waals surface area contributed by atoms with E-state index in [2.05, 4.69) is 42.3 Å². The standard InChI is InChI=1S/C48H56ClN3O6/c1-31(30-58-43-16-21-50-42-10-4-7-32(2)45(42)43)23-36-24-33-12-15-40(57-22-6-11-44(53)52-28-34-13-14-39(56-3)25-35(34)29-52)27-41(33)47(36)17-19-48(20-18-47,46(54)55)51-38-9-5-8-37(49)26-38/h5,8-9,12-16,21,25-27,31-32,36,51H,4,6-7,10-11,17-20,22-24,28-30H2,1-3H3,(H,54,55)/t31-,32-,36?,47?,48?/m1/s1. The number of anilines is 1. The van der Waals surface area contributed by atoms with Gasteiger partial charge in [-0.1, -0.05) is 43.6 Å². The molecule has 8 rings (SSSR count). The van der Waals surface area contributed by atoms with E-state index in [4.69, 9.17) is 25.8 Å². The molecule has 1 aromatic heterocycles. The number of nitrogens with one attached hydrogen (secondary N) is 1. The number of rotatable bonds is 14. The summed E-state index contributed by atoms with van der Waals surface area (Å²) < 4.78 is 18.3. The van der Waals surface area contributed by atoms with Gasteiger partial charge in [-0.3, -0.25) is 9.78 Å². The van der Waals surface area contributed by atoms with Crippen molar-refractivity contribution in [2.24, 2.45) is 11.8 Å². The number of nitrogens with zero attached hydrogens (tertiary/aromatic N) is 2. The number of aromatic nitrogens is 1. The number of carboxylic acid groups (broad SMARTS) is 1. The van der Waals surface area contributed by atoms with Crippen molar-refractivity contribution in [1.82, 2.24) is 9.88 Å². The third-order valence-corrected chi connectivity index (χ3v) is 13.8. The third kappa shape index (κ3) is 8.12. The number of carboxylic acids is 1. The zero-order chi connectivity index (χ0) is 40.4. The maximum Gasteiger partial charge on any atom is 0.329 e. The van der Waals surface area contributed by atoms with Crippen LogP contribution in [0.15, 0.2) is 72.9 Å². The topological polar surface area (TPSA) is 110 Å². The monoisotopic (exact) mass is 805 g/mol. The summed E-state index contributed by atoms with van der Waals surface area (Å²) in [7, 11) is 1.66. The van der Waals surface area contributed by atoms with Crippen LogP contribution in [0.25, 0.3) is 0 Å². The first-order valence-corrected chi connectivity index (χ1v) is 21.5. The zero-order valence-corrected chi connectivity index (χ0v) is 34.8. The van der Waals surface area contributed by atoms with Crippen molar-refractivity contribution >= 4 is 29.2 Å². The molecule has 1 aliphatic heterocycles. The summed E-state index contributed by atoms with van der Waals surface area (Å²) in [5.74, 6) is 2.92. The van der Waals surface area contributed by atoms with E-state index < -0.39 is 11.5 Å². The number of aliphatic carboxylic acids is 1. The van der Waals surface area contributed by atoms with Crippen molar-refractivity contribution < 1.29 is 28.9 Å². The van der Waals surface area contributed by atoms with Gasteiger partial charge in [0, 0.05) is 47.7 Å². The van der Waals surface area contributed by atoms with Gasteiger partial charge in [0.25, 0.3) is 0 Å². The average molecular weight is 806 g/mol. The lowest BCUT2D eigenvalue weighted by Crippen LogP contribution is -2.53. The van der Waals surface area contributed by atoms with Gasteiger partial charge < -0.3 is 29.5 Å². The minimum absolute atomic E-state index is 0.126. The molecule has 3 aromatic carbocycles. The second-order valence-corrected chi connectivity index (χ2v) is 17.8. The van der Waals surface area contributed by atoms with Crippen LogP contribution in [0.5, 0.6) is 17.2 Å². The second-order valence-electron chi connectivity index (χ2n) is 17.3. The van der Waals surface area contributed by atoms with Crippen molar-refractivity contribution in [2.75, 3.05) is 25.6 Å². The number of ether oxygens (including phenoxy) is 3. The molecule has 1 saturated carbocycles. The molecule has 1 unspecified atom stereocenters. The van der Waals surface area contributed by atoms with Gasteiger partial charge in [0.1, 0.15) is 22.8 Å². The zero-order valence-electron chi connectivity index (χ0n) is 34.0. The molecular weight excluding hydrogens is 750 g/mol. The number of hydrogen-bond donors (Lipinski definition) is 2. The summed E-state index contributed by atoms with van der Waals surface area (Å²) >= 11 is 6.31. The fraction of sp³-hybridized carbons (Fsp3) is 0.479.